The highest BCUT2D eigenvalue weighted by Gasteiger charge is 2.35. The third-order valence-electron chi connectivity index (χ3n) is 7.63. The van der Waals surface area contributed by atoms with E-state index in [-0.39, 0.29) is 46.1 Å². The number of rotatable bonds is 15. The molecule has 0 heterocycles. The molecule has 49 heavy (non-hydrogen) atoms. The van der Waals surface area contributed by atoms with Crippen molar-refractivity contribution in [3.05, 3.63) is 117 Å². The highest BCUT2D eigenvalue weighted by molar-refractivity contribution is 7.92. The summed E-state index contributed by atoms with van der Waals surface area (Å²) in [5, 5.41) is 3.94. The van der Waals surface area contributed by atoms with Gasteiger partial charge in [-0.1, -0.05) is 85.0 Å². The summed E-state index contributed by atoms with van der Waals surface area (Å²) >= 11 is 18.7. The molecule has 1 unspecified atom stereocenters. The van der Waals surface area contributed by atoms with Gasteiger partial charge in [0.2, 0.25) is 11.8 Å². The lowest BCUT2D eigenvalue weighted by molar-refractivity contribution is -0.140. The SMILES string of the molecule is COc1ccc(S(=O)(=O)N(CC(=O)N(Cc2ccc(Cl)c(Cl)c2)C(Cc2ccccc2)C(=O)NCC(C)C)c2ccc(Cl)cc2)cc1OC. The number of methoxy groups -OCH3 is 2. The van der Waals surface area contributed by atoms with Crippen LogP contribution in [-0.4, -0.2) is 58.5 Å². The third kappa shape index (κ3) is 9.82. The summed E-state index contributed by atoms with van der Waals surface area (Å²) in [5.74, 6) is -0.346. The second-order valence-electron chi connectivity index (χ2n) is 11.6. The molecule has 0 aromatic heterocycles. The van der Waals surface area contributed by atoms with E-state index in [1.54, 1.807) is 18.2 Å². The molecule has 0 aliphatic carbocycles. The Bertz CT molecular complexity index is 1860. The van der Waals surface area contributed by atoms with E-state index in [0.717, 1.165) is 9.87 Å². The molecule has 13 heteroatoms. The van der Waals surface area contributed by atoms with Gasteiger partial charge in [0, 0.05) is 30.6 Å². The molecular formula is C36H38Cl3N3O6S. The van der Waals surface area contributed by atoms with Crippen LogP contribution in [0.5, 0.6) is 11.5 Å². The van der Waals surface area contributed by atoms with Crippen LogP contribution in [-0.2, 0) is 32.6 Å². The first kappa shape index (κ1) is 37.9. The van der Waals surface area contributed by atoms with Crippen molar-refractivity contribution in [1.29, 1.82) is 0 Å². The van der Waals surface area contributed by atoms with Gasteiger partial charge in [-0.15, -0.1) is 0 Å². The van der Waals surface area contributed by atoms with Crippen LogP contribution in [0.15, 0.2) is 95.9 Å². The van der Waals surface area contributed by atoms with Gasteiger partial charge in [0.25, 0.3) is 10.0 Å². The molecular weight excluding hydrogens is 709 g/mol. The Morgan fingerprint density at radius 3 is 2.08 bits per heavy atom. The first-order chi connectivity index (χ1) is 23.3. The van der Waals surface area contributed by atoms with Crippen molar-refractivity contribution < 1.29 is 27.5 Å². The number of carbonyl (C=O) groups excluding carboxylic acids is 2. The molecule has 0 saturated carbocycles. The highest BCUT2D eigenvalue weighted by atomic mass is 35.5. The number of carbonyl (C=O) groups is 2. The smallest absolute Gasteiger partial charge is 0.264 e. The van der Waals surface area contributed by atoms with Crippen molar-refractivity contribution >= 4 is 62.3 Å². The normalized spacial score (nSPS) is 11.9. The molecule has 0 aliphatic heterocycles. The van der Waals surface area contributed by atoms with Crippen LogP contribution in [0.3, 0.4) is 0 Å². The number of ether oxygens (including phenoxy) is 2. The van der Waals surface area contributed by atoms with Gasteiger partial charge in [0.1, 0.15) is 12.6 Å². The number of benzene rings is 4. The number of anilines is 1. The topological polar surface area (TPSA) is 105 Å². The lowest BCUT2D eigenvalue weighted by Crippen LogP contribution is -2.53. The Balaban J connectivity index is 1.83. The van der Waals surface area contributed by atoms with E-state index in [9.17, 15) is 18.0 Å². The largest absolute Gasteiger partial charge is 0.493 e. The van der Waals surface area contributed by atoms with Gasteiger partial charge in [0.05, 0.1) is 34.8 Å². The van der Waals surface area contributed by atoms with E-state index in [1.165, 1.54) is 61.6 Å². The number of halogens is 3. The Morgan fingerprint density at radius 1 is 0.796 bits per heavy atom. The molecule has 4 rings (SSSR count). The van der Waals surface area contributed by atoms with Crippen molar-refractivity contribution in [2.45, 2.75) is 37.8 Å². The second kappa shape index (κ2) is 17.1. The van der Waals surface area contributed by atoms with E-state index >= 15 is 0 Å². The lowest BCUT2D eigenvalue weighted by atomic mass is 10.0. The zero-order chi connectivity index (χ0) is 35.7. The van der Waals surface area contributed by atoms with Crippen molar-refractivity contribution in [1.82, 2.24) is 10.2 Å². The summed E-state index contributed by atoms with van der Waals surface area (Å²) in [7, 11) is -1.56. The predicted octanol–water partition coefficient (Wildman–Crippen LogP) is 7.27. The fraction of sp³-hybridized carbons (Fsp3) is 0.278. The van der Waals surface area contributed by atoms with Gasteiger partial charge >= 0.3 is 0 Å². The van der Waals surface area contributed by atoms with Crippen molar-refractivity contribution in [2.75, 3.05) is 31.6 Å². The van der Waals surface area contributed by atoms with Crippen LogP contribution in [0.2, 0.25) is 15.1 Å². The maximum atomic E-state index is 14.6. The first-order valence-electron chi connectivity index (χ1n) is 15.4. The quantitative estimate of drug-likeness (QED) is 0.137. The maximum Gasteiger partial charge on any atom is 0.264 e. The molecule has 0 radical (unpaired) electrons. The van der Waals surface area contributed by atoms with Gasteiger partial charge in [0.15, 0.2) is 11.5 Å². The van der Waals surface area contributed by atoms with Crippen LogP contribution in [0, 0.1) is 5.92 Å². The fourth-order valence-corrected chi connectivity index (χ4v) is 6.93. The van der Waals surface area contributed by atoms with Crippen molar-refractivity contribution in [3.8, 4) is 11.5 Å². The third-order valence-corrected chi connectivity index (χ3v) is 10.4. The standard InChI is InChI=1S/C36H38Cl3N3O6S/c1-24(2)21-40-36(44)32(19-25-8-6-5-7-9-25)41(22-26-10-16-30(38)31(39)18-26)35(43)23-42(28-13-11-27(37)12-14-28)49(45,46)29-15-17-33(47-3)34(20-29)48-4/h5-18,20,24,32H,19,21-23H2,1-4H3,(H,40,44). The Hall–Kier alpha value is -3.96. The average Bonchev–Trinajstić information content (AvgIpc) is 3.09. The number of hydrogen-bond donors (Lipinski definition) is 1. The zero-order valence-corrected chi connectivity index (χ0v) is 30.6. The summed E-state index contributed by atoms with van der Waals surface area (Å²) in [6.07, 6.45) is 0.168. The minimum Gasteiger partial charge on any atom is -0.493 e. The Morgan fingerprint density at radius 2 is 1.47 bits per heavy atom. The van der Waals surface area contributed by atoms with E-state index in [2.05, 4.69) is 5.32 Å². The molecule has 0 aliphatic rings. The molecule has 0 fully saturated rings. The molecule has 260 valence electrons. The molecule has 4 aromatic carbocycles. The maximum absolute atomic E-state index is 14.6. The zero-order valence-electron chi connectivity index (χ0n) is 27.5. The summed E-state index contributed by atoms with van der Waals surface area (Å²) in [5.41, 5.74) is 1.59. The lowest BCUT2D eigenvalue weighted by Gasteiger charge is -2.34. The molecule has 0 spiro atoms. The van der Waals surface area contributed by atoms with Gasteiger partial charge < -0.3 is 19.7 Å². The number of nitrogens with zero attached hydrogens (tertiary/aromatic N) is 2. The summed E-state index contributed by atoms with van der Waals surface area (Å²) in [6.45, 7) is 3.60. The van der Waals surface area contributed by atoms with Crippen LogP contribution in [0.4, 0.5) is 5.69 Å². The monoisotopic (exact) mass is 745 g/mol. The van der Waals surface area contributed by atoms with E-state index in [4.69, 9.17) is 44.3 Å². The van der Waals surface area contributed by atoms with Gasteiger partial charge in [-0.05, 0) is 65.6 Å². The fourth-order valence-electron chi connectivity index (χ4n) is 5.05. The van der Waals surface area contributed by atoms with Crippen LogP contribution in [0.1, 0.15) is 25.0 Å². The van der Waals surface area contributed by atoms with Crippen LogP contribution < -0.4 is 19.1 Å². The van der Waals surface area contributed by atoms with E-state index in [0.29, 0.717) is 27.9 Å². The molecule has 0 bridgehead atoms. The Kier molecular flexibility index (Phi) is 13.2. The molecule has 9 nitrogen and oxygen atoms in total. The van der Waals surface area contributed by atoms with E-state index in [1.807, 2.05) is 44.2 Å². The summed E-state index contributed by atoms with van der Waals surface area (Å²) in [6, 6.07) is 23.5. The van der Waals surface area contributed by atoms with Gasteiger partial charge in [-0.3, -0.25) is 13.9 Å². The molecule has 2 amide bonds. The first-order valence-corrected chi connectivity index (χ1v) is 18.0. The second-order valence-corrected chi connectivity index (χ2v) is 14.7. The Labute approximate surface area is 302 Å². The van der Waals surface area contributed by atoms with Crippen molar-refractivity contribution in [2.24, 2.45) is 5.92 Å². The molecule has 0 saturated heterocycles. The van der Waals surface area contributed by atoms with Gasteiger partial charge in [-0.2, -0.15) is 0 Å². The van der Waals surface area contributed by atoms with Crippen LogP contribution in [0.25, 0.3) is 0 Å². The van der Waals surface area contributed by atoms with Crippen LogP contribution >= 0.6 is 34.8 Å². The molecule has 1 atom stereocenters. The average molecular weight is 747 g/mol. The number of hydrogen-bond acceptors (Lipinski definition) is 6. The number of amides is 2. The molecule has 4 aromatic rings. The number of sulfonamides is 1. The van der Waals surface area contributed by atoms with Crippen molar-refractivity contribution in [3.63, 3.8) is 0 Å². The minimum atomic E-state index is -4.40. The summed E-state index contributed by atoms with van der Waals surface area (Å²) < 4.78 is 40.4. The van der Waals surface area contributed by atoms with E-state index < -0.39 is 28.5 Å². The predicted molar refractivity (Wildman–Crippen MR) is 194 cm³/mol. The minimum absolute atomic E-state index is 0.0623. The molecule has 1 N–H and O–H groups in total. The summed E-state index contributed by atoms with van der Waals surface area (Å²) in [4.78, 5) is 29.8. The van der Waals surface area contributed by atoms with Gasteiger partial charge in [-0.25, -0.2) is 8.42 Å². The number of nitrogens with one attached hydrogen (secondary N) is 1. The highest BCUT2D eigenvalue weighted by Crippen LogP contribution is 2.33.